The molecule has 6 nitrogen and oxygen atoms in total. The molecule has 1 N–H and O–H groups in total. The van der Waals surface area contributed by atoms with Gasteiger partial charge in [-0.2, -0.15) is 17.0 Å². The van der Waals surface area contributed by atoms with Gasteiger partial charge in [0.1, 0.15) is 17.3 Å². The number of ether oxygens (including phenoxy) is 1. The number of furan rings is 1. The van der Waals surface area contributed by atoms with Gasteiger partial charge in [-0.1, -0.05) is 18.2 Å². The Morgan fingerprint density at radius 3 is 2.72 bits per heavy atom. The number of thioether (sulfide) groups is 1. The Morgan fingerprint density at radius 1 is 1.24 bits per heavy atom. The highest BCUT2D eigenvalue weighted by molar-refractivity contribution is 7.98. The standard InChI is InChI=1S/C18H22N4O2S/c1-22(2)12-16-8-9-17(23-16)13-25-11-10-20-18(21-14-19)24-15-6-4-3-5-7-15/h3-9H,10-13H2,1-2H3,(H,20,21). The highest BCUT2D eigenvalue weighted by Gasteiger charge is 2.04. The average molecular weight is 358 g/mol. The van der Waals surface area contributed by atoms with Gasteiger partial charge in [0, 0.05) is 5.75 Å². The number of amidine groups is 1. The van der Waals surface area contributed by atoms with Crippen LogP contribution in [0.15, 0.2) is 51.9 Å². The number of hydrogen-bond donors (Lipinski definition) is 1. The molecule has 0 saturated heterocycles. The fraction of sp³-hybridized carbons (Fsp3) is 0.333. The van der Waals surface area contributed by atoms with Crippen molar-refractivity contribution in [3.05, 3.63) is 54.0 Å². The number of hydrogen-bond acceptors (Lipinski definition) is 6. The zero-order valence-electron chi connectivity index (χ0n) is 14.4. The first-order valence-electron chi connectivity index (χ1n) is 7.90. The van der Waals surface area contributed by atoms with E-state index in [1.165, 1.54) is 0 Å². The van der Waals surface area contributed by atoms with Gasteiger partial charge in [-0.3, -0.25) is 0 Å². The Hall–Kier alpha value is -2.43. The van der Waals surface area contributed by atoms with Crippen LogP contribution in [0, 0.1) is 11.5 Å². The van der Waals surface area contributed by atoms with Crippen molar-refractivity contribution in [2.75, 3.05) is 26.4 Å². The Labute approximate surface area is 152 Å². The topological polar surface area (TPSA) is 73.8 Å². The minimum atomic E-state index is 0.209. The van der Waals surface area contributed by atoms with Crippen molar-refractivity contribution in [3.63, 3.8) is 0 Å². The molecule has 7 heteroatoms. The lowest BCUT2D eigenvalue weighted by Crippen LogP contribution is -2.25. The lowest BCUT2D eigenvalue weighted by Gasteiger charge is -2.06. The number of rotatable bonds is 8. The maximum absolute atomic E-state index is 8.79. The van der Waals surface area contributed by atoms with Crippen molar-refractivity contribution in [1.82, 2.24) is 10.2 Å². The summed E-state index contributed by atoms with van der Waals surface area (Å²) < 4.78 is 11.3. The van der Waals surface area contributed by atoms with Gasteiger partial charge >= 0.3 is 6.02 Å². The summed E-state index contributed by atoms with van der Waals surface area (Å²) in [5.41, 5.74) is 0. The van der Waals surface area contributed by atoms with Gasteiger partial charge in [-0.25, -0.2) is 10.3 Å². The summed E-state index contributed by atoms with van der Waals surface area (Å²) in [6.45, 7) is 1.35. The maximum atomic E-state index is 8.79. The molecule has 1 aromatic carbocycles. The smallest absolute Gasteiger partial charge is 0.303 e. The predicted octanol–water partition coefficient (Wildman–Crippen LogP) is 3.08. The van der Waals surface area contributed by atoms with Crippen LogP contribution in [0.4, 0.5) is 0 Å². The van der Waals surface area contributed by atoms with Crippen LogP contribution in [0.25, 0.3) is 0 Å². The molecule has 2 aromatic rings. The van der Waals surface area contributed by atoms with E-state index in [0.29, 0.717) is 12.3 Å². The van der Waals surface area contributed by atoms with E-state index in [-0.39, 0.29) is 6.02 Å². The van der Waals surface area contributed by atoms with Crippen LogP contribution in [0.2, 0.25) is 0 Å². The molecule has 25 heavy (non-hydrogen) atoms. The molecular weight excluding hydrogens is 336 g/mol. The van der Waals surface area contributed by atoms with Crippen molar-refractivity contribution in [1.29, 1.82) is 5.26 Å². The van der Waals surface area contributed by atoms with E-state index in [1.807, 2.05) is 62.8 Å². The summed E-state index contributed by atoms with van der Waals surface area (Å²) in [5.74, 6) is 4.17. The van der Waals surface area contributed by atoms with Crippen molar-refractivity contribution in [3.8, 4) is 11.9 Å². The van der Waals surface area contributed by atoms with Gasteiger partial charge in [-0.15, -0.1) is 0 Å². The van der Waals surface area contributed by atoms with Crippen molar-refractivity contribution in [2.24, 2.45) is 4.99 Å². The minimum Gasteiger partial charge on any atom is -0.464 e. The zero-order valence-corrected chi connectivity index (χ0v) is 15.3. The Kier molecular flexibility index (Phi) is 7.89. The number of para-hydroxylation sites is 1. The van der Waals surface area contributed by atoms with Crippen LogP contribution in [0.5, 0.6) is 5.75 Å². The maximum Gasteiger partial charge on any atom is 0.303 e. The molecule has 0 saturated carbocycles. The summed E-state index contributed by atoms with van der Waals surface area (Å²) in [6, 6.07) is 13.5. The van der Waals surface area contributed by atoms with E-state index in [1.54, 1.807) is 11.8 Å². The molecule has 0 spiro atoms. The van der Waals surface area contributed by atoms with Crippen molar-refractivity contribution in [2.45, 2.75) is 12.3 Å². The fourth-order valence-corrected chi connectivity index (χ4v) is 2.75. The second-order valence-electron chi connectivity index (χ2n) is 5.50. The molecule has 0 radical (unpaired) electrons. The van der Waals surface area contributed by atoms with Crippen LogP contribution in [-0.2, 0) is 12.3 Å². The molecule has 0 amide bonds. The lowest BCUT2D eigenvalue weighted by atomic mass is 10.3. The second-order valence-corrected chi connectivity index (χ2v) is 6.60. The largest absolute Gasteiger partial charge is 0.464 e. The number of nitrogens with zero attached hydrogens (tertiary/aromatic N) is 3. The Morgan fingerprint density at radius 2 is 2.00 bits per heavy atom. The highest BCUT2D eigenvalue weighted by atomic mass is 32.2. The highest BCUT2D eigenvalue weighted by Crippen LogP contribution is 2.16. The molecule has 0 aliphatic carbocycles. The quantitative estimate of drug-likeness (QED) is 0.257. The van der Waals surface area contributed by atoms with Crippen LogP contribution in [0.3, 0.4) is 0 Å². The van der Waals surface area contributed by atoms with E-state index >= 15 is 0 Å². The fourth-order valence-electron chi connectivity index (χ4n) is 2.03. The van der Waals surface area contributed by atoms with Gasteiger partial charge in [0.15, 0.2) is 6.19 Å². The normalized spacial score (nSPS) is 11.4. The van der Waals surface area contributed by atoms with Gasteiger partial charge in [-0.05, 0) is 38.4 Å². The average Bonchev–Trinajstić information content (AvgIpc) is 3.02. The molecular formula is C18H22N4O2S. The van der Waals surface area contributed by atoms with E-state index in [4.69, 9.17) is 14.4 Å². The Balaban J connectivity index is 1.74. The van der Waals surface area contributed by atoms with E-state index in [0.717, 1.165) is 29.6 Å². The first-order valence-corrected chi connectivity index (χ1v) is 9.05. The summed E-state index contributed by atoms with van der Waals surface area (Å²) >= 11 is 1.72. The molecule has 0 aliphatic rings. The van der Waals surface area contributed by atoms with Crippen molar-refractivity contribution >= 4 is 17.8 Å². The third kappa shape index (κ3) is 7.33. The third-order valence-corrected chi connectivity index (χ3v) is 4.01. The first-order chi connectivity index (χ1) is 12.2. The summed E-state index contributed by atoms with van der Waals surface area (Å²) in [7, 11) is 4.03. The summed E-state index contributed by atoms with van der Waals surface area (Å²) in [6.07, 6.45) is 1.84. The Bertz CT molecular complexity index is 707. The first kappa shape index (κ1) is 18.9. The number of nitriles is 1. The molecule has 132 valence electrons. The molecule has 1 heterocycles. The SMILES string of the molecule is CN(C)Cc1ccc(CSCCN=C(NC#N)Oc2ccccc2)o1. The van der Waals surface area contributed by atoms with E-state index < -0.39 is 0 Å². The summed E-state index contributed by atoms with van der Waals surface area (Å²) in [4.78, 5) is 6.36. The molecule has 1 aromatic heterocycles. The van der Waals surface area contributed by atoms with Crippen LogP contribution in [-0.4, -0.2) is 37.3 Å². The lowest BCUT2D eigenvalue weighted by molar-refractivity contribution is 0.344. The monoisotopic (exact) mass is 358 g/mol. The zero-order chi connectivity index (χ0) is 17.9. The van der Waals surface area contributed by atoms with Crippen LogP contribution >= 0.6 is 11.8 Å². The minimum absolute atomic E-state index is 0.209. The second kappa shape index (κ2) is 10.4. The molecule has 0 aliphatic heterocycles. The molecule has 0 fully saturated rings. The van der Waals surface area contributed by atoms with Gasteiger partial charge in [0.25, 0.3) is 0 Å². The molecule has 0 unspecified atom stereocenters. The van der Waals surface area contributed by atoms with Gasteiger partial charge in [0.05, 0.1) is 18.8 Å². The molecule has 0 atom stereocenters. The van der Waals surface area contributed by atoms with Crippen molar-refractivity contribution < 1.29 is 9.15 Å². The third-order valence-electron chi connectivity index (χ3n) is 3.05. The molecule has 2 rings (SSSR count). The number of nitrogens with one attached hydrogen (secondary N) is 1. The van der Waals surface area contributed by atoms with Gasteiger partial charge in [0.2, 0.25) is 0 Å². The summed E-state index contributed by atoms with van der Waals surface area (Å²) in [5, 5.41) is 11.2. The van der Waals surface area contributed by atoms with Crippen LogP contribution in [0.1, 0.15) is 11.5 Å². The van der Waals surface area contributed by atoms with Crippen LogP contribution < -0.4 is 10.1 Å². The predicted molar refractivity (Wildman–Crippen MR) is 100 cm³/mol. The van der Waals surface area contributed by atoms with E-state index in [2.05, 4.69) is 15.2 Å². The number of benzene rings is 1. The molecule has 0 bridgehead atoms. The van der Waals surface area contributed by atoms with Gasteiger partial charge < -0.3 is 14.1 Å². The number of aliphatic imine (C=N–C) groups is 1. The van der Waals surface area contributed by atoms with E-state index in [9.17, 15) is 0 Å².